The first-order valence-corrected chi connectivity index (χ1v) is 2.89. The van der Waals surface area contributed by atoms with Crippen LogP contribution in [0.5, 0.6) is 0 Å². The van der Waals surface area contributed by atoms with Crippen molar-refractivity contribution in [1.29, 1.82) is 0 Å². The lowest BCUT2D eigenvalue weighted by Gasteiger charge is -1.98. The molecule has 4 nitrogen and oxygen atoms in total. The van der Waals surface area contributed by atoms with Crippen molar-refractivity contribution in [2.75, 3.05) is 0 Å². The van der Waals surface area contributed by atoms with Crippen LogP contribution in [0, 0.1) is 4.91 Å². The number of aliphatic hydroxyl groups is 1. The molecular formula is C6H5NO3. The van der Waals surface area contributed by atoms with Crippen molar-refractivity contribution in [1.82, 2.24) is 0 Å². The molecule has 2 aliphatic rings. The highest BCUT2D eigenvalue weighted by molar-refractivity contribution is 5.33. The quantitative estimate of drug-likeness (QED) is 0.419. The van der Waals surface area contributed by atoms with E-state index in [0.717, 1.165) is 0 Å². The number of ether oxygens (including phenoxy) is 1. The van der Waals surface area contributed by atoms with Gasteiger partial charge in [-0.25, -0.2) is 0 Å². The maximum atomic E-state index is 9.92. The molecule has 1 fully saturated rings. The average molecular weight is 139 g/mol. The van der Waals surface area contributed by atoms with Crippen LogP contribution in [0.1, 0.15) is 0 Å². The molecule has 0 bridgehead atoms. The number of allylic oxidation sites excluding steroid dienone is 1. The molecule has 2 atom stereocenters. The van der Waals surface area contributed by atoms with Gasteiger partial charge in [0.1, 0.15) is 11.8 Å². The third-order valence-electron chi connectivity index (χ3n) is 1.59. The van der Waals surface area contributed by atoms with E-state index < -0.39 is 5.79 Å². The number of fused-ring (bicyclic) bond motifs is 1. The van der Waals surface area contributed by atoms with E-state index in [2.05, 4.69) is 5.18 Å². The second-order valence-corrected chi connectivity index (χ2v) is 2.31. The topological polar surface area (TPSA) is 62.2 Å². The number of epoxide rings is 1. The third-order valence-corrected chi connectivity index (χ3v) is 1.59. The molecule has 1 aliphatic heterocycles. The van der Waals surface area contributed by atoms with Gasteiger partial charge in [0, 0.05) is 0 Å². The molecule has 0 amide bonds. The van der Waals surface area contributed by atoms with E-state index in [-0.39, 0.29) is 6.10 Å². The van der Waals surface area contributed by atoms with E-state index in [4.69, 9.17) is 9.84 Å². The minimum atomic E-state index is -1.13. The highest BCUT2D eigenvalue weighted by atomic mass is 16.7. The van der Waals surface area contributed by atoms with Gasteiger partial charge in [-0.3, -0.25) is 0 Å². The van der Waals surface area contributed by atoms with E-state index in [1.165, 1.54) is 18.2 Å². The Morgan fingerprint density at radius 1 is 1.80 bits per heavy atom. The van der Waals surface area contributed by atoms with E-state index in [1.54, 1.807) is 0 Å². The molecular weight excluding hydrogens is 134 g/mol. The lowest BCUT2D eigenvalue weighted by atomic mass is 10.1. The van der Waals surface area contributed by atoms with Crippen molar-refractivity contribution in [3.8, 4) is 0 Å². The Balaban J connectivity index is 2.27. The molecule has 1 heterocycles. The summed E-state index contributed by atoms with van der Waals surface area (Å²) in [5.74, 6) is -1.13. The van der Waals surface area contributed by atoms with Gasteiger partial charge in [-0.1, -0.05) is 0 Å². The summed E-state index contributed by atoms with van der Waals surface area (Å²) >= 11 is 0. The van der Waals surface area contributed by atoms with E-state index in [1.807, 2.05) is 0 Å². The first kappa shape index (κ1) is 5.76. The van der Waals surface area contributed by atoms with Crippen LogP contribution < -0.4 is 0 Å². The minimum Gasteiger partial charge on any atom is -0.360 e. The van der Waals surface area contributed by atoms with Gasteiger partial charge in [-0.15, -0.1) is 4.91 Å². The first-order chi connectivity index (χ1) is 4.74. The van der Waals surface area contributed by atoms with Crippen LogP contribution in [0.3, 0.4) is 0 Å². The van der Waals surface area contributed by atoms with Crippen LogP contribution in [0.2, 0.25) is 0 Å². The Morgan fingerprint density at radius 3 is 3.20 bits per heavy atom. The molecule has 0 aromatic heterocycles. The molecule has 0 aromatic carbocycles. The number of nitrogens with zero attached hydrogens (tertiary/aromatic N) is 1. The maximum Gasteiger partial charge on any atom is 0.217 e. The SMILES string of the molecule is O=NC1=CC2OC2(O)C=C1. The molecule has 1 aliphatic carbocycles. The van der Waals surface area contributed by atoms with Crippen LogP contribution in [-0.2, 0) is 4.74 Å². The molecule has 0 aromatic rings. The summed E-state index contributed by atoms with van der Waals surface area (Å²) in [6.45, 7) is 0. The largest absolute Gasteiger partial charge is 0.360 e. The fraction of sp³-hybridized carbons (Fsp3) is 0.333. The second kappa shape index (κ2) is 1.53. The summed E-state index contributed by atoms with van der Waals surface area (Å²) in [7, 11) is 0. The molecule has 52 valence electrons. The van der Waals surface area contributed by atoms with Gasteiger partial charge >= 0.3 is 0 Å². The van der Waals surface area contributed by atoms with Crippen molar-refractivity contribution in [2.45, 2.75) is 11.9 Å². The summed E-state index contributed by atoms with van der Waals surface area (Å²) < 4.78 is 4.79. The van der Waals surface area contributed by atoms with Gasteiger partial charge in [-0.05, 0) is 23.4 Å². The summed E-state index contributed by atoms with van der Waals surface area (Å²) in [5, 5.41) is 11.9. The van der Waals surface area contributed by atoms with Crippen molar-refractivity contribution >= 4 is 0 Å². The van der Waals surface area contributed by atoms with Crippen LogP contribution >= 0.6 is 0 Å². The Bertz CT molecular complexity index is 245. The predicted octanol–water partition coefficient (Wildman–Crippen LogP) is 0.294. The van der Waals surface area contributed by atoms with Crippen LogP contribution in [0.25, 0.3) is 0 Å². The lowest BCUT2D eigenvalue weighted by Crippen LogP contribution is -2.11. The Labute approximate surface area is 56.8 Å². The number of hydrogen-bond donors (Lipinski definition) is 1. The van der Waals surface area contributed by atoms with Gasteiger partial charge < -0.3 is 9.84 Å². The van der Waals surface area contributed by atoms with Gasteiger partial charge in [0.25, 0.3) is 0 Å². The summed E-state index contributed by atoms with van der Waals surface area (Å²) in [5.41, 5.74) is 0.312. The maximum absolute atomic E-state index is 9.92. The Hall–Kier alpha value is -1.00. The number of nitroso groups, excluding NO2 is 1. The normalized spacial score (nSPS) is 42.1. The standard InChI is InChI=1S/C6H5NO3/c8-6-2-1-4(7-9)3-5(6)10-6/h1-3,5,8H. The molecule has 2 rings (SSSR count). The minimum absolute atomic E-state index is 0.312. The Kier molecular flexibility index (Phi) is 0.882. The highest BCUT2D eigenvalue weighted by Crippen LogP contribution is 2.39. The Morgan fingerprint density at radius 2 is 2.60 bits per heavy atom. The van der Waals surface area contributed by atoms with Crippen LogP contribution in [0.15, 0.2) is 29.1 Å². The molecule has 0 saturated carbocycles. The van der Waals surface area contributed by atoms with Gasteiger partial charge in [0.2, 0.25) is 5.79 Å². The lowest BCUT2D eigenvalue weighted by molar-refractivity contribution is 0.0825. The van der Waals surface area contributed by atoms with E-state index in [9.17, 15) is 4.91 Å². The van der Waals surface area contributed by atoms with Crippen LogP contribution in [-0.4, -0.2) is 17.0 Å². The smallest absolute Gasteiger partial charge is 0.217 e. The van der Waals surface area contributed by atoms with Gasteiger partial charge in [0.05, 0.1) is 0 Å². The fourth-order valence-electron chi connectivity index (χ4n) is 0.933. The summed E-state index contributed by atoms with van der Waals surface area (Å²) in [6.07, 6.45) is 4.00. The second-order valence-electron chi connectivity index (χ2n) is 2.31. The van der Waals surface area contributed by atoms with Crippen molar-refractivity contribution in [3.63, 3.8) is 0 Å². The monoisotopic (exact) mass is 139 g/mol. The zero-order chi connectivity index (χ0) is 7.19. The molecule has 1 N–H and O–H groups in total. The first-order valence-electron chi connectivity index (χ1n) is 2.89. The van der Waals surface area contributed by atoms with Crippen molar-refractivity contribution < 1.29 is 9.84 Å². The summed E-state index contributed by atoms with van der Waals surface area (Å²) in [4.78, 5) is 9.92. The van der Waals surface area contributed by atoms with E-state index >= 15 is 0 Å². The van der Waals surface area contributed by atoms with Crippen LogP contribution in [0.4, 0.5) is 0 Å². The van der Waals surface area contributed by atoms with Gasteiger partial charge in [0.15, 0.2) is 0 Å². The zero-order valence-electron chi connectivity index (χ0n) is 5.02. The summed E-state index contributed by atoms with van der Waals surface area (Å²) in [6, 6.07) is 0. The number of rotatable bonds is 1. The average Bonchev–Trinajstić information content (AvgIpc) is 2.59. The predicted molar refractivity (Wildman–Crippen MR) is 32.8 cm³/mol. The fourth-order valence-corrected chi connectivity index (χ4v) is 0.933. The molecule has 0 spiro atoms. The molecule has 2 unspecified atom stereocenters. The van der Waals surface area contributed by atoms with Gasteiger partial charge in [-0.2, -0.15) is 0 Å². The molecule has 4 heteroatoms. The van der Waals surface area contributed by atoms with E-state index in [0.29, 0.717) is 5.70 Å². The molecule has 10 heavy (non-hydrogen) atoms. The number of hydrogen-bond acceptors (Lipinski definition) is 4. The highest BCUT2D eigenvalue weighted by Gasteiger charge is 2.53. The zero-order valence-corrected chi connectivity index (χ0v) is 5.02. The third kappa shape index (κ3) is 0.630. The molecule has 1 saturated heterocycles. The van der Waals surface area contributed by atoms with Crippen molar-refractivity contribution in [2.24, 2.45) is 5.18 Å². The van der Waals surface area contributed by atoms with Crippen molar-refractivity contribution in [3.05, 3.63) is 28.8 Å². The molecule has 0 radical (unpaired) electrons.